The zero-order valence-corrected chi connectivity index (χ0v) is 11.6. The highest BCUT2D eigenvalue weighted by molar-refractivity contribution is 5.75. The maximum absolute atomic E-state index is 11.3. The normalized spacial score (nSPS) is 12.2. The largest absolute Gasteiger partial charge is 0.356 e. The summed E-state index contributed by atoms with van der Waals surface area (Å²) < 4.78 is 0. The van der Waals surface area contributed by atoms with Gasteiger partial charge in [-0.15, -0.1) is 0 Å². The van der Waals surface area contributed by atoms with Crippen molar-refractivity contribution in [2.24, 2.45) is 0 Å². The summed E-state index contributed by atoms with van der Waals surface area (Å²) in [5, 5.41) is 6.24. The lowest BCUT2D eigenvalue weighted by molar-refractivity contribution is -0.120. The third-order valence-corrected chi connectivity index (χ3v) is 3.00. The van der Waals surface area contributed by atoms with Gasteiger partial charge in [-0.05, 0) is 25.8 Å². The van der Waals surface area contributed by atoms with Gasteiger partial charge in [0.1, 0.15) is 0 Å². The Hall–Kier alpha value is -1.35. The molecule has 0 saturated heterocycles. The van der Waals surface area contributed by atoms with E-state index in [-0.39, 0.29) is 5.91 Å². The van der Waals surface area contributed by atoms with Crippen molar-refractivity contribution in [1.82, 2.24) is 10.6 Å². The summed E-state index contributed by atoms with van der Waals surface area (Å²) in [5.74, 6) is 0.115. The Morgan fingerprint density at radius 1 is 1.22 bits per heavy atom. The van der Waals surface area contributed by atoms with E-state index in [0.717, 1.165) is 13.0 Å². The molecule has 0 fully saturated rings. The molecule has 1 rings (SSSR count). The van der Waals surface area contributed by atoms with E-state index in [1.807, 2.05) is 6.92 Å². The summed E-state index contributed by atoms with van der Waals surface area (Å²) in [6.45, 7) is 7.61. The van der Waals surface area contributed by atoms with Gasteiger partial charge in [0.05, 0.1) is 0 Å². The second-order valence-electron chi connectivity index (χ2n) is 4.53. The summed E-state index contributed by atoms with van der Waals surface area (Å²) in [7, 11) is 0. The van der Waals surface area contributed by atoms with Crippen molar-refractivity contribution in [3.8, 4) is 0 Å². The number of aryl methyl sites for hydroxylation is 1. The zero-order chi connectivity index (χ0) is 13.4. The van der Waals surface area contributed by atoms with E-state index in [0.29, 0.717) is 19.0 Å². The Labute approximate surface area is 110 Å². The van der Waals surface area contributed by atoms with Crippen LogP contribution in [0.2, 0.25) is 0 Å². The minimum atomic E-state index is 0.115. The Balaban J connectivity index is 2.42. The maximum Gasteiger partial charge on any atom is 0.221 e. The SMILES string of the molecule is CCNC(=O)CCNC(CC)c1ccc(C)cc1. The van der Waals surface area contributed by atoms with E-state index < -0.39 is 0 Å². The highest BCUT2D eigenvalue weighted by Crippen LogP contribution is 2.16. The van der Waals surface area contributed by atoms with Crippen LogP contribution in [0.25, 0.3) is 0 Å². The number of rotatable bonds is 7. The van der Waals surface area contributed by atoms with Crippen LogP contribution in [0.15, 0.2) is 24.3 Å². The molecule has 0 aliphatic rings. The lowest BCUT2D eigenvalue weighted by Gasteiger charge is -2.17. The third kappa shape index (κ3) is 4.88. The first-order chi connectivity index (χ1) is 8.67. The van der Waals surface area contributed by atoms with Crippen LogP contribution in [0.3, 0.4) is 0 Å². The number of benzene rings is 1. The van der Waals surface area contributed by atoms with Crippen molar-refractivity contribution < 1.29 is 4.79 Å². The Morgan fingerprint density at radius 3 is 2.44 bits per heavy atom. The molecule has 0 aliphatic carbocycles. The first-order valence-corrected chi connectivity index (χ1v) is 6.74. The molecule has 0 aliphatic heterocycles. The average Bonchev–Trinajstić information content (AvgIpc) is 2.36. The van der Waals surface area contributed by atoms with Gasteiger partial charge >= 0.3 is 0 Å². The molecular weight excluding hydrogens is 224 g/mol. The molecule has 0 spiro atoms. The van der Waals surface area contributed by atoms with Crippen LogP contribution < -0.4 is 10.6 Å². The van der Waals surface area contributed by atoms with Gasteiger partial charge in [-0.1, -0.05) is 36.8 Å². The molecule has 1 aromatic carbocycles. The molecule has 3 nitrogen and oxygen atoms in total. The average molecular weight is 248 g/mol. The Morgan fingerprint density at radius 2 is 1.89 bits per heavy atom. The number of hydrogen-bond donors (Lipinski definition) is 2. The Bertz CT molecular complexity index is 359. The van der Waals surface area contributed by atoms with Crippen molar-refractivity contribution in [2.75, 3.05) is 13.1 Å². The first kappa shape index (κ1) is 14.7. The van der Waals surface area contributed by atoms with E-state index in [2.05, 4.69) is 48.7 Å². The zero-order valence-electron chi connectivity index (χ0n) is 11.6. The second-order valence-corrected chi connectivity index (χ2v) is 4.53. The lowest BCUT2D eigenvalue weighted by atomic mass is 10.0. The highest BCUT2D eigenvalue weighted by atomic mass is 16.1. The molecular formula is C15H24N2O. The molecule has 100 valence electrons. The van der Waals surface area contributed by atoms with Crippen molar-refractivity contribution in [3.63, 3.8) is 0 Å². The predicted molar refractivity (Wildman–Crippen MR) is 75.5 cm³/mol. The molecule has 1 atom stereocenters. The van der Waals surface area contributed by atoms with E-state index in [1.165, 1.54) is 11.1 Å². The van der Waals surface area contributed by atoms with Gasteiger partial charge in [0.2, 0.25) is 5.91 Å². The van der Waals surface area contributed by atoms with Crippen LogP contribution in [0.5, 0.6) is 0 Å². The van der Waals surface area contributed by atoms with Crippen LogP contribution in [-0.2, 0) is 4.79 Å². The fraction of sp³-hybridized carbons (Fsp3) is 0.533. The summed E-state index contributed by atoms with van der Waals surface area (Å²) in [4.78, 5) is 11.3. The third-order valence-electron chi connectivity index (χ3n) is 3.00. The molecule has 1 aromatic rings. The standard InChI is InChI=1S/C15H24N2O/c1-4-14(13-8-6-12(3)7-9-13)17-11-10-15(18)16-5-2/h6-9,14,17H,4-5,10-11H2,1-3H3,(H,16,18). The highest BCUT2D eigenvalue weighted by Gasteiger charge is 2.08. The van der Waals surface area contributed by atoms with Crippen LogP contribution in [0.4, 0.5) is 0 Å². The number of nitrogens with one attached hydrogen (secondary N) is 2. The molecule has 18 heavy (non-hydrogen) atoms. The first-order valence-electron chi connectivity index (χ1n) is 6.74. The molecule has 1 unspecified atom stereocenters. The topological polar surface area (TPSA) is 41.1 Å². The van der Waals surface area contributed by atoms with Crippen molar-refractivity contribution in [3.05, 3.63) is 35.4 Å². The van der Waals surface area contributed by atoms with Gasteiger partial charge in [0.25, 0.3) is 0 Å². The number of hydrogen-bond acceptors (Lipinski definition) is 2. The summed E-state index contributed by atoms with van der Waals surface area (Å²) in [6, 6.07) is 8.90. The van der Waals surface area contributed by atoms with E-state index in [9.17, 15) is 4.79 Å². The number of amides is 1. The molecule has 3 heteroatoms. The van der Waals surface area contributed by atoms with Gasteiger partial charge in [0.15, 0.2) is 0 Å². The van der Waals surface area contributed by atoms with E-state index >= 15 is 0 Å². The molecule has 0 aromatic heterocycles. The quantitative estimate of drug-likeness (QED) is 0.778. The molecule has 0 bridgehead atoms. The number of carbonyl (C=O) groups excluding carboxylic acids is 1. The maximum atomic E-state index is 11.3. The van der Waals surface area contributed by atoms with Gasteiger partial charge in [-0.3, -0.25) is 4.79 Å². The van der Waals surface area contributed by atoms with Crippen LogP contribution in [0, 0.1) is 6.92 Å². The van der Waals surface area contributed by atoms with Crippen LogP contribution in [0.1, 0.15) is 43.9 Å². The van der Waals surface area contributed by atoms with Gasteiger partial charge in [-0.2, -0.15) is 0 Å². The van der Waals surface area contributed by atoms with Crippen molar-refractivity contribution >= 4 is 5.91 Å². The van der Waals surface area contributed by atoms with E-state index in [4.69, 9.17) is 0 Å². The van der Waals surface area contributed by atoms with Gasteiger partial charge < -0.3 is 10.6 Å². The molecule has 0 saturated carbocycles. The molecule has 0 heterocycles. The summed E-state index contributed by atoms with van der Waals surface area (Å²) >= 11 is 0. The van der Waals surface area contributed by atoms with Crippen LogP contribution in [-0.4, -0.2) is 19.0 Å². The van der Waals surface area contributed by atoms with E-state index in [1.54, 1.807) is 0 Å². The summed E-state index contributed by atoms with van der Waals surface area (Å²) in [6.07, 6.45) is 1.56. The van der Waals surface area contributed by atoms with Gasteiger partial charge in [-0.25, -0.2) is 0 Å². The smallest absolute Gasteiger partial charge is 0.221 e. The molecule has 0 radical (unpaired) electrons. The lowest BCUT2D eigenvalue weighted by Crippen LogP contribution is -2.29. The molecule has 2 N–H and O–H groups in total. The van der Waals surface area contributed by atoms with Crippen molar-refractivity contribution in [1.29, 1.82) is 0 Å². The predicted octanol–water partition coefficient (Wildman–Crippen LogP) is 2.56. The Kier molecular flexibility index (Phi) is 6.44. The summed E-state index contributed by atoms with van der Waals surface area (Å²) in [5.41, 5.74) is 2.56. The van der Waals surface area contributed by atoms with Crippen LogP contribution >= 0.6 is 0 Å². The minimum Gasteiger partial charge on any atom is -0.356 e. The second kappa shape index (κ2) is 7.88. The van der Waals surface area contributed by atoms with Gasteiger partial charge in [0, 0.05) is 25.6 Å². The minimum absolute atomic E-state index is 0.115. The molecule has 1 amide bonds. The fourth-order valence-electron chi connectivity index (χ4n) is 1.94. The number of carbonyl (C=O) groups is 1. The monoisotopic (exact) mass is 248 g/mol. The fourth-order valence-corrected chi connectivity index (χ4v) is 1.94. The van der Waals surface area contributed by atoms with Crippen molar-refractivity contribution in [2.45, 2.75) is 39.7 Å².